The molecule has 1 aromatic rings. The SMILES string of the molecule is CC(N)C(=O)N1CCC(C(C)NC(=O)c2cc(Cl)[nH]n2)CC1. The molecule has 0 aliphatic carbocycles. The van der Waals surface area contributed by atoms with Gasteiger partial charge in [-0.15, -0.1) is 0 Å². The summed E-state index contributed by atoms with van der Waals surface area (Å²) in [5.41, 5.74) is 5.90. The van der Waals surface area contributed by atoms with E-state index in [1.807, 2.05) is 6.92 Å². The van der Waals surface area contributed by atoms with Gasteiger partial charge in [-0.25, -0.2) is 0 Å². The molecule has 0 aromatic carbocycles. The number of hydrogen-bond donors (Lipinski definition) is 3. The van der Waals surface area contributed by atoms with Crippen molar-refractivity contribution in [2.24, 2.45) is 11.7 Å². The van der Waals surface area contributed by atoms with Crippen LogP contribution in [0, 0.1) is 5.92 Å². The molecule has 1 fully saturated rings. The molecule has 2 rings (SSSR count). The van der Waals surface area contributed by atoms with Crippen molar-refractivity contribution in [3.8, 4) is 0 Å². The van der Waals surface area contributed by atoms with Crippen LogP contribution in [0.1, 0.15) is 37.2 Å². The van der Waals surface area contributed by atoms with E-state index >= 15 is 0 Å². The number of nitrogens with zero attached hydrogens (tertiary/aromatic N) is 2. The van der Waals surface area contributed by atoms with Crippen LogP contribution in [0.4, 0.5) is 0 Å². The van der Waals surface area contributed by atoms with Crippen LogP contribution in [0.2, 0.25) is 5.15 Å². The van der Waals surface area contributed by atoms with Gasteiger partial charge in [-0.2, -0.15) is 5.10 Å². The standard InChI is InChI=1S/C14H22ClN5O2/c1-8(16)14(22)20-5-3-10(4-6-20)9(2)17-13(21)11-7-12(15)19-18-11/h7-10H,3-6,16H2,1-2H3,(H,17,21)(H,18,19). The summed E-state index contributed by atoms with van der Waals surface area (Å²) in [7, 11) is 0. The van der Waals surface area contributed by atoms with E-state index < -0.39 is 6.04 Å². The number of H-pyrrole nitrogens is 1. The average Bonchev–Trinajstić information content (AvgIpc) is 2.93. The Balaban J connectivity index is 1.83. The third-order valence-electron chi connectivity index (χ3n) is 4.09. The second-order valence-electron chi connectivity index (χ2n) is 5.81. The Labute approximate surface area is 134 Å². The monoisotopic (exact) mass is 327 g/mol. The molecule has 2 heterocycles. The summed E-state index contributed by atoms with van der Waals surface area (Å²) >= 11 is 5.72. The van der Waals surface area contributed by atoms with Gasteiger partial charge >= 0.3 is 0 Å². The molecule has 2 unspecified atom stereocenters. The van der Waals surface area contributed by atoms with Crippen molar-refractivity contribution < 1.29 is 9.59 Å². The number of aromatic nitrogens is 2. The lowest BCUT2D eigenvalue weighted by molar-refractivity contribution is -0.133. The van der Waals surface area contributed by atoms with E-state index in [9.17, 15) is 9.59 Å². The number of nitrogens with one attached hydrogen (secondary N) is 2. The van der Waals surface area contributed by atoms with Gasteiger partial charge in [0.05, 0.1) is 6.04 Å². The Morgan fingerprint density at radius 1 is 1.45 bits per heavy atom. The molecular formula is C14H22ClN5O2. The van der Waals surface area contributed by atoms with Crippen molar-refractivity contribution in [1.82, 2.24) is 20.4 Å². The van der Waals surface area contributed by atoms with Crippen LogP contribution < -0.4 is 11.1 Å². The molecule has 7 nitrogen and oxygen atoms in total. The fraction of sp³-hybridized carbons (Fsp3) is 0.643. The molecule has 1 aromatic heterocycles. The van der Waals surface area contributed by atoms with Gasteiger partial charge in [0, 0.05) is 25.2 Å². The third kappa shape index (κ3) is 3.98. The van der Waals surface area contributed by atoms with Crippen LogP contribution in [0.3, 0.4) is 0 Å². The van der Waals surface area contributed by atoms with Crippen molar-refractivity contribution in [3.63, 3.8) is 0 Å². The van der Waals surface area contributed by atoms with Gasteiger partial charge < -0.3 is 16.0 Å². The van der Waals surface area contributed by atoms with Gasteiger partial charge in [0.2, 0.25) is 5.91 Å². The number of nitrogens with two attached hydrogens (primary N) is 1. The minimum Gasteiger partial charge on any atom is -0.348 e. The first-order chi connectivity index (χ1) is 10.4. The predicted molar refractivity (Wildman–Crippen MR) is 83.5 cm³/mol. The molecule has 22 heavy (non-hydrogen) atoms. The lowest BCUT2D eigenvalue weighted by Gasteiger charge is -2.35. The molecule has 0 bridgehead atoms. The average molecular weight is 328 g/mol. The van der Waals surface area contributed by atoms with E-state index in [2.05, 4.69) is 15.5 Å². The molecule has 8 heteroatoms. The Kier molecular flexibility index (Phi) is 5.42. The zero-order valence-corrected chi connectivity index (χ0v) is 13.6. The van der Waals surface area contributed by atoms with Crippen LogP contribution in [0.15, 0.2) is 6.07 Å². The van der Waals surface area contributed by atoms with Crippen LogP contribution >= 0.6 is 11.6 Å². The van der Waals surface area contributed by atoms with E-state index in [0.29, 0.717) is 24.2 Å². The Bertz CT molecular complexity index is 537. The number of aromatic amines is 1. The summed E-state index contributed by atoms with van der Waals surface area (Å²) in [5.74, 6) is 0.0709. The third-order valence-corrected chi connectivity index (χ3v) is 4.28. The van der Waals surface area contributed by atoms with E-state index in [0.717, 1.165) is 12.8 Å². The largest absolute Gasteiger partial charge is 0.348 e. The quantitative estimate of drug-likeness (QED) is 0.759. The molecule has 0 saturated carbocycles. The van der Waals surface area contributed by atoms with E-state index in [4.69, 9.17) is 17.3 Å². The topological polar surface area (TPSA) is 104 Å². The first kappa shape index (κ1) is 16.8. The number of carbonyl (C=O) groups is 2. The molecule has 1 saturated heterocycles. The minimum absolute atomic E-state index is 0.00975. The van der Waals surface area contributed by atoms with Crippen LogP contribution in [0.5, 0.6) is 0 Å². The lowest BCUT2D eigenvalue weighted by atomic mass is 9.90. The Morgan fingerprint density at radius 3 is 2.59 bits per heavy atom. The van der Waals surface area contributed by atoms with E-state index in [1.165, 1.54) is 6.07 Å². The van der Waals surface area contributed by atoms with Gasteiger partial charge in [-0.05, 0) is 32.6 Å². The van der Waals surface area contributed by atoms with Gasteiger partial charge in [0.25, 0.3) is 5.91 Å². The fourth-order valence-corrected chi connectivity index (χ4v) is 2.87. The van der Waals surface area contributed by atoms with E-state index in [1.54, 1.807) is 11.8 Å². The number of likely N-dealkylation sites (tertiary alicyclic amines) is 1. The van der Waals surface area contributed by atoms with Gasteiger partial charge in [0.1, 0.15) is 5.15 Å². The first-order valence-electron chi connectivity index (χ1n) is 7.44. The summed E-state index contributed by atoms with van der Waals surface area (Å²) in [6, 6.07) is 1.04. The van der Waals surface area contributed by atoms with Crippen molar-refractivity contribution in [2.75, 3.05) is 13.1 Å². The summed E-state index contributed by atoms with van der Waals surface area (Å²) < 4.78 is 0. The summed E-state index contributed by atoms with van der Waals surface area (Å²) in [6.45, 7) is 5.03. The number of halogens is 1. The highest BCUT2D eigenvalue weighted by Crippen LogP contribution is 2.21. The predicted octanol–water partition coefficient (Wildman–Crippen LogP) is 0.767. The summed E-state index contributed by atoms with van der Waals surface area (Å²) in [5, 5.41) is 9.63. The number of carbonyl (C=O) groups excluding carboxylic acids is 2. The zero-order valence-electron chi connectivity index (χ0n) is 12.8. The van der Waals surface area contributed by atoms with Crippen LogP contribution in [-0.2, 0) is 4.79 Å². The Hall–Kier alpha value is -1.60. The number of amides is 2. The maximum Gasteiger partial charge on any atom is 0.272 e. The molecule has 1 aliphatic rings. The van der Waals surface area contributed by atoms with E-state index in [-0.39, 0.29) is 23.6 Å². The molecule has 122 valence electrons. The smallest absolute Gasteiger partial charge is 0.272 e. The minimum atomic E-state index is -0.460. The highest BCUT2D eigenvalue weighted by Gasteiger charge is 2.28. The molecule has 0 spiro atoms. The van der Waals surface area contributed by atoms with Gasteiger partial charge in [0.15, 0.2) is 5.69 Å². The van der Waals surface area contributed by atoms with Crippen LogP contribution in [0.25, 0.3) is 0 Å². The second-order valence-corrected chi connectivity index (χ2v) is 6.22. The van der Waals surface area contributed by atoms with Crippen molar-refractivity contribution in [3.05, 3.63) is 16.9 Å². The molecule has 1 aliphatic heterocycles. The second kappa shape index (κ2) is 7.11. The molecule has 0 radical (unpaired) electrons. The Morgan fingerprint density at radius 2 is 2.09 bits per heavy atom. The fourth-order valence-electron chi connectivity index (χ4n) is 2.72. The number of hydrogen-bond acceptors (Lipinski definition) is 4. The molecule has 2 atom stereocenters. The summed E-state index contributed by atoms with van der Waals surface area (Å²) in [6.07, 6.45) is 1.70. The highest BCUT2D eigenvalue weighted by atomic mass is 35.5. The maximum absolute atomic E-state index is 12.0. The zero-order chi connectivity index (χ0) is 16.3. The van der Waals surface area contributed by atoms with Crippen molar-refractivity contribution in [1.29, 1.82) is 0 Å². The van der Waals surface area contributed by atoms with Crippen LogP contribution in [-0.4, -0.2) is 52.1 Å². The summed E-state index contributed by atoms with van der Waals surface area (Å²) in [4.78, 5) is 25.7. The molecule has 4 N–H and O–H groups in total. The molecule has 2 amide bonds. The maximum atomic E-state index is 12.0. The first-order valence-corrected chi connectivity index (χ1v) is 7.82. The molecular weight excluding hydrogens is 306 g/mol. The van der Waals surface area contributed by atoms with Gasteiger partial charge in [-0.3, -0.25) is 14.7 Å². The lowest BCUT2D eigenvalue weighted by Crippen LogP contribution is -2.49. The normalized spacial score (nSPS) is 18.8. The number of rotatable bonds is 4. The highest BCUT2D eigenvalue weighted by molar-refractivity contribution is 6.29. The number of piperidine rings is 1. The van der Waals surface area contributed by atoms with Crippen molar-refractivity contribution in [2.45, 2.75) is 38.8 Å². The van der Waals surface area contributed by atoms with Gasteiger partial charge in [-0.1, -0.05) is 11.6 Å². The van der Waals surface area contributed by atoms with Crippen molar-refractivity contribution >= 4 is 23.4 Å².